The predicted molar refractivity (Wildman–Crippen MR) is 57.8 cm³/mol. The van der Waals surface area contributed by atoms with Crippen LogP contribution in [-0.2, 0) is 0 Å². The van der Waals surface area contributed by atoms with Gasteiger partial charge in [-0.2, -0.15) is 0 Å². The highest BCUT2D eigenvalue weighted by atomic mass is 19.1. The summed E-state index contributed by atoms with van der Waals surface area (Å²) in [6.07, 6.45) is 2.21. The van der Waals surface area contributed by atoms with Gasteiger partial charge in [0.15, 0.2) is 11.6 Å². The Morgan fingerprint density at radius 3 is 2.27 bits per heavy atom. The molecule has 0 bridgehead atoms. The third-order valence-electron chi connectivity index (χ3n) is 1.94. The van der Waals surface area contributed by atoms with Crippen LogP contribution in [0.4, 0.5) is 4.39 Å². The lowest BCUT2D eigenvalue weighted by molar-refractivity contribution is 0.612. The summed E-state index contributed by atoms with van der Waals surface area (Å²) in [6, 6.07) is 0. The molecular formula is C10H13FN4. The van der Waals surface area contributed by atoms with Crippen LogP contribution >= 0.6 is 0 Å². The molecule has 0 aromatic carbocycles. The van der Waals surface area contributed by atoms with Gasteiger partial charge in [-0.3, -0.25) is 4.99 Å². The van der Waals surface area contributed by atoms with E-state index in [0.29, 0.717) is 17.1 Å². The molecule has 15 heavy (non-hydrogen) atoms. The number of aliphatic imine (C=N–C) groups is 1. The normalized spacial score (nSPS) is 13.7. The maximum Gasteiger partial charge on any atom is 0.162 e. The van der Waals surface area contributed by atoms with Crippen molar-refractivity contribution in [3.05, 3.63) is 29.7 Å². The number of aromatic nitrogens is 2. The SMILES string of the molecule is CN=C(C)/C(=C(/C)N)c1ncc(F)cn1. The largest absolute Gasteiger partial charge is 0.402 e. The summed E-state index contributed by atoms with van der Waals surface area (Å²) in [5, 5.41) is 0. The molecule has 0 radical (unpaired) electrons. The number of halogens is 1. The molecule has 1 aromatic rings. The molecule has 1 aromatic heterocycles. The highest BCUT2D eigenvalue weighted by Gasteiger charge is 2.10. The molecule has 5 heteroatoms. The topological polar surface area (TPSA) is 64.2 Å². The smallest absolute Gasteiger partial charge is 0.162 e. The molecule has 0 aliphatic carbocycles. The monoisotopic (exact) mass is 208 g/mol. The number of hydrogen-bond donors (Lipinski definition) is 1. The third kappa shape index (κ3) is 2.59. The molecule has 0 aliphatic heterocycles. The minimum Gasteiger partial charge on any atom is -0.402 e. The summed E-state index contributed by atoms with van der Waals surface area (Å²) in [5.41, 5.74) is 7.64. The van der Waals surface area contributed by atoms with Crippen molar-refractivity contribution < 1.29 is 4.39 Å². The van der Waals surface area contributed by atoms with Gasteiger partial charge in [0.05, 0.1) is 18.0 Å². The Morgan fingerprint density at radius 1 is 1.33 bits per heavy atom. The number of hydrogen-bond acceptors (Lipinski definition) is 4. The van der Waals surface area contributed by atoms with Gasteiger partial charge >= 0.3 is 0 Å². The molecule has 0 fully saturated rings. The zero-order valence-electron chi connectivity index (χ0n) is 8.95. The molecule has 0 spiro atoms. The Morgan fingerprint density at radius 2 is 1.87 bits per heavy atom. The minimum absolute atomic E-state index is 0.388. The highest BCUT2D eigenvalue weighted by Crippen LogP contribution is 2.13. The van der Waals surface area contributed by atoms with E-state index in [4.69, 9.17) is 5.73 Å². The van der Waals surface area contributed by atoms with E-state index in [1.54, 1.807) is 20.9 Å². The van der Waals surface area contributed by atoms with Crippen molar-refractivity contribution >= 4 is 11.3 Å². The molecule has 2 N–H and O–H groups in total. The summed E-state index contributed by atoms with van der Waals surface area (Å²) in [5.74, 6) is -0.0848. The first-order chi connectivity index (χ1) is 7.06. The Bertz CT molecular complexity index is 402. The number of nitrogens with two attached hydrogens (primary N) is 1. The van der Waals surface area contributed by atoms with Gasteiger partial charge in [0, 0.05) is 18.5 Å². The van der Waals surface area contributed by atoms with Crippen LogP contribution in [0.15, 0.2) is 23.1 Å². The van der Waals surface area contributed by atoms with Crippen molar-refractivity contribution in [2.75, 3.05) is 7.05 Å². The van der Waals surface area contributed by atoms with E-state index in [-0.39, 0.29) is 0 Å². The fraction of sp³-hybridized carbons (Fsp3) is 0.300. The minimum atomic E-state index is -0.473. The average Bonchev–Trinajstić information content (AvgIpc) is 2.20. The van der Waals surface area contributed by atoms with Crippen LogP contribution in [0.5, 0.6) is 0 Å². The molecule has 0 amide bonds. The van der Waals surface area contributed by atoms with Gasteiger partial charge in [-0.15, -0.1) is 0 Å². The second kappa shape index (κ2) is 4.63. The quantitative estimate of drug-likeness (QED) is 0.747. The van der Waals surface area contributed by atoms with E-state index >= 15 is 0 Å². The van der Waals surface area contributed by atoms with Gasteiger partial charge in [-0.25, -0.2) is 14.4 Å². The van der Waals surface area contributed by atoms with Crippen LogP contribution in [0.2, 0.25) is 0 Å². The second-order valence-electron chi connectivity index (χ2n) is 3.09. The first-order valence-electron chi connectivity index (χ1n) is 4.44. The van der Waals surface area contributed by atoms with Crippen molar-refractivity contribution in [2.24, 2.45) is 10.7 Å². The Balaban J connectivity index is 3.24. The molecule has 1 heterocycles. The summed E-state index contributed by atoms with van der Waals surface area (Å²) in [4.78, 5) is 11.7. The van der Waals surface area contributed by atoms with Crippen LogP contribution in [-0.4, -0.2) is 22.7 Å². The zero-order valence-corrected chi connectivity index (χ0v) is 8.95. The van der Waals surface area contributed by atoms with Gasteiger partial charge in [0.1, 0.15) is 0 Å². The predicted octanol–water partition coefficient (Wildman–Crippen LogP) is 1.40. The Labute approximate surface area is 87.8 Å². The lowest BCUT2D eigenvalue weighted by atomic mass is 10.1. The van der Waals surface area contributed by atoms with E-state index < -0.39 is 5.82 Å². The van der Waals surface area contributed by atoms with Crippen LogP contribution in [0.25, 0.3) is 5.57 Å². The number of rotatable bonds is 2. The van der Waals surface area contributed by atoms with Crippen molar-refractivity contribution in [1.29, 1.82) is 0 Å². The van der Waals surface area contributed by atoms with E-state index in [0.717, 1.165) is 18.1 Å². The summed E-state index contributed by atoms with van der Waals surface area (Å²) in [7, 11) is 1.65. The highest BCUT2D eigenvalue weighted by molar-refractivity contribution is 6.22. The molecule has 0 unspecified atom stereocenters. The molecule has 80 valence electrons. The Kier molecular flexibility index (Phi) is 3.49. The van der Waals surface area contributed by atoms with Crippen molar-refractivity contribution in [1.82, 2.24) is 9.97 Å². The average molecular weight is 208 g/mol. The van der Waals surface area contributed by atoms with Gasteiger partial charge in [0.2, 0.25) is 0 Å². The van der Waals surface area contributed by atoms with E-state index in [1.807, 2.05) is 0 Å². The molecule has 0 saturated carbocycles. The fourth-order valence-electron chi connectivity index (χ4n) is 1.18. The molecular weight excluding hydrogens is 195 g/mol. The van der Waals surface area contributed by atoms with Gasteiger partial charge in [0.25, 0.3) is 0 Å². The lowest BCUT2D eigenvalue weighted by Crippen LogP contribution is -2.08. The molecule has 0 atom stereocenters. The zero-order chi connectivity index (χ0) is 11.4. The molecule has 1 rings (SSSR count). The van der Waals surface area contributed by atoms with E-state index in [2.05, 4.69) is 15.0 Å². The maximum atomic E-state index is 12.6. The van der Waals surface area contributed by atoms with E-state index in [9.17, 15) is 4.39 Å². The van der Waals surface area contributed by atoms with E-state index in [1.165, 1.54) is 0 Å². The number of nitrogens with zero attached hydrogens (tertiary/aromatic N) is 3. The van der Waals surface area contributed by atoms with Crippen molar-refractivity contribution in [3.63, 3.8) is 0 Å². The van der Waals surface area contributed by atoms with Gasteiger partial charge in [-0.05, 0) is 13.8 Å². The van der Waals surface area contributed by atoms with Crippen LogP contribution in [0.3, 0.4) is 0 Å². The van der Waals surface area contributed by atoms with Crippen LogP contribution in [0, 0.1) is 5.82 Å². The lowest BCUT2D eigenvalue weighted by Gasteiger charge is -2.06. The number of allylic oxidation sites excluding steroid dienone is 2. The summed E-state index contributed by atoms with van der Waals surface area (Å²) >= 11 is 0. The second-order valence-corrected chi connectivity index (χ2v) is 3.09. The third-order valence-corrected chi connectivity index (χ3v) is 1.94. The van der Waals surface area contributed by atoms with Gasteiger partial charge < -0.3 is 5.73 Å². The van der Waals surface area contributed by atoms with Crippen LogP contribution in [0.1, 0.15) is 19.7 Å². The summed E-state index contributed by atoms with van der Waals surface area (Å²) < 4.78 is 12.6. The van der Waals surface area contributed by atoms with Crippen LogP contribution < -0.4 is 5.73 Å². The summed E-state index contributed by atoms with van der Waals surface area (Å²) in [6.45, 7) is 3.54. The molecule has 0 aliphatic rings. The molecule has 4 nitrogen and oxygen atoms in total. The van der Waals surface area contributed by atoms with Crippen molar-refractivity contribution in [3.8, 4) is 0 Å². The van der Waals surface area contributed by atoms with Crippen molar-refractivity contribution in [2.45, 2.75) is 13.8 Å². The van der Waals surface area contributed by atoms with Gasteiger partial charge in [-0.1, -0.05) is 0 Å². The fourth-order valence-corrected chi connectivity index (χ4v) is 1.18. The first kappa shape index (κ1) is 11.3. The maximum absolute atomic E-state index is 12.6. The standard InChI is InChI=1S/C10H13FN4/c1-6(12)9(7(2)13-3)10-14-4-8(11)5-15-10/h4-5H,12H2,1-3H3/b9-6+,13-7?. The Hall–Kier alpha value is -1.78. The molecule has 0 saturated heterocycles. The first-order valence-corrected chi connectivity index (χ1v) is 4.44.